The number of piperidine rings is 1. The van der Waals surface area contributed by atoms with Crippen LogP contribution >= 0.6 is 11.6 Å². The predicted molar refractivity (Wildman–Crippen MR) is 95.0 cm³/mol. The van der Waals surface area contributed by atoms with Crippen LogP contribution in [0.15, 0.2) is 18.2 Å². The molecule has 1 aromatic rings. The molecule has 1 heterocycles. The number of urea groups is 1. The van der Waals surface area contributed by atoms with E-state index in [1.54, 1.807) is 12.1 Å². The average Bonchev–Trinajstić information content (AvgIpc) is 2.59. The van der Waals surface area contributed by atoms with Gasteiger partial charge in [0.2, 0.25) is 0 Å². The lowest BCUT2D eigenvalue weighted by Gasteiger charge is -2.30. The lowest BCUT2D eigenvalue weighted by Crippen LogP contribution is -2.44. The average molecular weight is 368 g/mol. The molecule has 8 heteroatoms. The number of nitrogens with one attached hydrogen (secondary N) is 2. The van der Waals surface area contributed by atoms with Crippen molar-refractivity contribution in [1.82, 2.24) is 10.2 Å². The molecule has 1 saturated heterocycles. The van der Waals surface area contributed by atoms with Crippen LogP contribution in [0.4, 0.5) is 10.5 Å². The number of likely N-dealkylation sites (tertiary alicyclic amines) is 1. The number of hydrogen-bond acceptors (Lipinski definition) is 3. The SMILES string of the molecule is CCCNC(=O)c1ccc(NC(=O)N2CCCC(C(=O)O)C2)cc1Cl. The van der Waals surface area contributed by atoms with Crippen LogP contribution in [0.2, 0.25) is 5.02 Å². The quantitative estimate of drug-likeness (QED) is 0.745. The summed E-state index contributed by atoms with van der Waals surface area (Å²) in [4.78, 5) is 36.8. The van der Waals surface area contributed by atoms with Crippen LogP contribution in [0.5, 0.6) is 0 Å². The summed E-state index contributed by atoms with van der Waals surface area (Å²) in [7, 11) is 0. The number of carbonyl (C=O) groups excluding carboxylic acids is 2. The van der Waals surface area contributed by atoms with Crippen LogP contribution < -0.4 is 10.6 Å². The summed E-state index contributed by atoms with van der Waals surface area (Å²) in [6.07, 6.45) is 2.05. The number of halogens is 1. The number of anilines is 1. The molecular weight excluding hydrogens is 346 g/mol. The molecular formula is C17H22ClN3O4. The Kier molecular flexibility index (Phi) is 6.64. The summed E-state index contributed by atoms with van der Waals surface area (Å²) in [6, 6.07) is 4.30. The molecule has 0 radical (unpaired) electrons. The molecule has 25 heavy (non-hydrogen) atoms. The molecule has 1 aliphatic heterocycles. The van der Waals surface area contributed by atoms with Gasteiger partial charge in [-0.25, -0.2) is 4.79 Å². The van der Waals surface area contributed by atoms with Crippen molar-refractivity contribution < 1.29 is 19.5 Å². The number of nitrogens with zero attached hydrogens (tertiary/aromatic N) is 1. The van der Waals surface area contributed by atoms with Crippen molar-refractivity contribution in [3.05, 3.63) is 28.8 Å². The Morgan fingerprint density at radius 2 is 2.12 bits per heavy atom. The zero-order chi connectivity index (χ0) is 18.4. The van der Waals surface area contributed by atoms with E-state index in [0.29, 0.717) is 37.2 Å². The summed E-state index contributed by atoms with van der Waals surface area (Å²) in [5, 5.41) is 14.8. The maximum atomic E-state index is 12.3. The predicted octanol–water partition coefficient (Wildman–Crippen LogP) is 2.81. The highest BCUT2D eigenvalue weighted by Crippen LogP contribution is 2.22. The topological polar surface area (TPSA) is 98.7 Å². The second-order valence-electron chi connectivity index (χ2n) is 6.00. The van der Waals surface area contributed by atoms with E-state index in [0.717, 1.165) is 6.42 Å². The normalized spacial score (nSPS) is 17.0. The first-order valence-electron chi connectivity index (χ1n) is 8.28. The number of benzene rings is 1. The standard InChI is InChI=1S/C17H22ClN3O4/c1-2-7-19-15(22)13-6-5-12(9-14(13)18)20-17(25)21-8-3-4-11(10-21)16(23)24/h5-6,9,11H,2-4,7-8,10H2,1H3,(H,19,22)(H,20,25)(H,23,24). The van der Waals surface area contributed by atoms with Crippen molar-refractivity contribution >= 4 is 35.2 Å². The maximum absolute atomic E-state index is 12.3. The summed E-state index contributed by atoms with van der Waals surface area (Å²) >= 11 is 6.13. The van der Waals surface area contributed by atoms with Crippen LogP contribution in [0.25, 0.3) is 0 Å². The smallest absolute Gasteiger partial charge is 0.321 e. The van der Waals surface area contributed by atoms with Crippen molar-refractivity contribution in [2.45, 2.75) is 26.2 Å². The molecule has 0 aromatic heterocycles. The molecule has 3 N–H and O–H groups in total. The Hall–Kier alpha value is -2.28. The molecule has 1 aliphatic rings. The second-order valence-corrected chi connectivity index (χ2v) is 6.41. The molecule has 3 amide bonds. The van der Waals surface area contributed by atoms with E-state index in [4.69, 9.17) is 16.7 Å². The molecule has 2 rings (SSSR count). The van der Waals surface area contributed by atoms with Crippen molar-refractivity contribution in [2.75, 3.05) is 25.0 Å². The zero-order valence-corrected chi connectivity index (χ0v) is 14.8. The number of carboxylic acid groups (broad SMARTS) is 1. The van der Waals surface area contributed by atoms with Crippen molar-refractivity contribution in [2.24, 2.45) is 5.92 Å². The molecule has 1 unspecified atom stereocenters. The third kappa shape index (κ3) is 5.09. The molecule has 7 nitrogen and oxygen atoms in total. The number of aliphatic carboxylic acids is 1. The minimum Gasteiger partial charge on any atom is -0.481 e. The van der Waals surface area contributed by atoms with Crippen LogP contribution in [-0.2, 0) is 4.79 Å². The van der Waals surface area contributed by atoms with E-state index in [9.17, 15) is 14.4 Å². The molecule has 0 saturated carbocycles. The van der Waals surface area contributed by atoms with Gasteiger partial charge in [0.25, 0.3) is 5.91 Å². The number of hydrogen-bond donors (Lipinski definition) is 3. The fourth-order valence-electron chi connectivity index (χ4n) is 2.68. The van der Waals surface area contributed by atoms with Gasteiger partial charge < -0.3 is 20.6 Å². The summed E-state index contributed by atoms with van der Waals surface area (Å²) in [5.41, 5.74) is 0.802. The van der Waals surface area contributed by atoms with Gasteiger partial charge in [-0.2, -0.15) is 0 Å². The Morgan fingerprint density at radius 3 is 2.76 bits per heavy atom. The van der Waals surface area contributed by atoms with Crippen molar-refractivity contribution in [3.63, 3.8) is 0 Å². The summed E-state index contributed by atoms with van der Waals surface area (Å²) < 4.78 is 0. The summed E-state index contributed by atoms with van der Waals surface area (Å²) in [6.45, 7) is 3.22. The van der Waals surface area contributed by atoms with Gasteiger partial charge in [0.1, 0.15) is 0 Å². The zero-order valence-electron chi connectivity index (χ0n) is 14.0. The van der Waals surface area contributed by atoms with Gasteiger partial charge in [0.15, 0.2) is 0 Å². The highest BCUT2D eigenvalue weighted by Gasteiger charge is 2.28. The van der Waals surface area contributed by atoms with Crippen molar-refractivity contribution in [1.29, 1.82) is 0 Å². The summed E-state index contributed by atoms with van der Waals surface area (Å²) in [5.74, 6) is -1.68. The van der Waals surface area contributed by atoms with E-state index < -0.39 is 11.9 Å². The van der Waals surface area contributed by atoms with E-state index in [-0.39, 0.29) is 23.5 Å². The van der Waals surface area contributed by atoms with Gasteiger partial charge in [0, 0.05) is 25.3 Å². The largest absolute Gasteiger partial charge is 0.481 e. The minimum absolute atomic E-state index is 0.187. The highest BCUT2D eigenvalue weighted by atomic mass is 35.5. The van der Waals surface area contributed by atoms with Gasteiger partial charge in [-0.05, 0) is 37.5 Å². The Balaban J connectivity index is 2.00. The molecule has 1 atom stereocenters. The monoisotopic (exact) mass is 367 g/mol. The van der Waals surface area contributed by atoms with Gasteiger partial charge in [-0.15, -0.1) is 0 Å². The van der Waals surface area contributed by atoms with Crippen LogP contribution in [0.3, 0.4) is 0 Å². The molecule has 0 aliphatic carbocycles. The second kappa shape index (κ2) is 8.71. The van der Waals surface area contributed by atoms with Gasteiger partial charge in [-0.1, -0.05) is 18.5 Å². The number of amides is 3. The molecule has 0 spiro atoms. The van der Waals surface area contributed by atoms with Gasteiger partial charge >= 0.3 is 12.0 Å². The van der Waals surface area contributed by atoms with E-state index >= 15 is 0 Å². The van der Waals surface area contributed by atoms with Gasteiger partial charge in [-0.3, -0.25) is 9.59 Å². The Labute approximate surface area is 151 Å². The molecule has 1 aromatic carbocycles. The molecule has 0 bridgehead atoms. The Bertz CT molecular complexity index is 665. The first kappa shape index (κ1) is 19.1. The third-order valence-corrected chi connectivity index (χ3v) is 4.37. The van der Waals surface area contributed by atoms with Gasteiger partial charge in [0.05, 0.1) is 16.5 Å². The lowest BCUT2D eigenvalue weighted by molar-refractivity contribution is -0.143. The van der Waals surface area contributed by atoms with Crippen LogP contribution in [-0.4, -0.2) is 47.5 Å². The number of rotatable bonds is 5. The fourth-order valence-corrected chi connectivity index (χ4v) is 2.94. The first-order chi connectivity index (χ1) is 11.9. The van der Waals surface area contributed by atoms with Crippen LogP contribution in [0.1, 0.15) is 36.5 Å². The lowest BCUT2D eigenvalue weighted by atomic mass is 9.99. The Morgan fingerprint density at radius 1 is 1.36 bits per heavy atom. The number of carbonyl (C=O) groups is 3. The van der Waals surface area contributed by atoms with Crippen molar-refractivity contribution in [3.8, 4) is 0 Å². The van der Waals surface area contributed by atoms with E-state index in [2.05, 4.69) is 10.6 Å². The molecule has 136 valence electrons. The molecule has 1 fully saturated rings. The van der Waals surface area contributed by atoms with E-state index in [1.165, 1.54) is 11.0 Å². The fraction of sp³-hybridized carbons (Fsp3) is 0.471. The van der Waals surface area contributed by atoms with Crippen LogP contribution in [0, 0.1) is 5.92 Å². The first-order valence-corrected chi connectivity index (χ1v) is 8.66. The highest BCUT2D eigenvalue weighted by molar-refractivity contribution is 6.34. The minimum atomic E-state index is -0.886. The maximum Gasteiger partial charge on any atom is 0.321 e. The van der Waals surface area contributed by atoms with E-state index in [1.807, 2.05) is 6.92 Å². The number of carboxylic acids is 1. The third-order valence-electron chi connectivity index (χ3n) is 4.06.